The first-order chi connectivity index (χ1) is 4.20. The summed E-state index contributed by atoms with van der Waals surface area (Å²) in [6.07, 6.45) is 1.24. The van der Waals surface area contributed by atoms with E-state index in [1.54, 1.807) is 0 Å². The van der Waals surface area contributed by atoms with E-state index in [0.29, 0.717) is 12.8 Å². The summed E-state index contributed by atoms with van der Waals surface area (Å²) >= 11 is 0. The van der Waals surface area contributed by atoms with Gasteiger partial charge in [-0.1, -0.05) is 0 Å². The summed E-state index contributed by atoms with van der Waals surface area (Å²) in [7, 11) is 0. The van der Waals surface area contributed by atoms with E-state index in [9.17, 15) is 9.59 Å². The number of carboxylic acids is 1. The molecule has 1 N–H and O–H groups in total. The molecule has 0 spiro atoms. The van der Waals surface area contributed by atoms with Crippen LogP contribution in [0.1, 0.15) is 20.7 Å². The number of Topliss-reactive ketones (excluding diaryl/α,β-unsaturated/α-hetero) is 1. The maximum Gasteiger partial charge on any atom is 1.00 e. The van der Waals surface area contributed by atoms with Crippen molar-refractivity contribution in [1.82, 2.24) is 0 Å². The van der Waals surface area contributed by atoms with Crippen LogP contribution in [-0.2, 0) is 9.59 Å². The second-order valence-corrected chi connectivity index (χ2v) is 2.32. The Morgan fingerprint density at radius 3 is 2.50 bits per heavy atom. The summed E-state index contributed by atoms with van der Waals surface area (Å²) in [5.74, 6) is -1.14. The SMILES string of the molecule is O=C1CCC(C(=O)O)C1.[H-].[Li+]. The molecule has 1 saturated carbocycles. The van der Waals surface area contributed by atoms with Gasteiger partial charge in [-0.25, -0.2) is 0 Å². The standard InChI is InChI=1S/C6H8O3.Li.H/c7-5-2-1-4(3-5)6(8)9;;/h4H,1-3H2,(H,8,9);;/q;+1;-1. The summed E-state index contributed by atoms with van der Waals surface area (Å²) in [6.45, 7) is 0. The van der Waals surface area contributed by atoms with E-state index >= 15 is 0 Å². The molecule has 0 amide bonds. The molecule has 1 aliphatic rings. The van der Waals surface area contributed by atoms with Gasteiger partial charge in [0.15, 0.2) is 0 Å². The average molecular weight is 136 g/mol. The predicted octanol–water partition coefficient (Wildman–Crippen LogP) is -2.44. The molecule has 4 heteroatoms. The van der Waals surface area contributed by atoms with Crippen LogP contribution in [0.3, 0.4) is 0 Å². The van der Waals surface area contributed by atoms with Gasteiger partial charge in [-0.05, 0) is 6.42 Å². The first-order valence-electron chi connectivity index (χ1n) is 2.94. The van der Waals surface area contributed by atoms with E-state index in [2.05, 4.69) is 0 Å². The minimum atomic E-state index is -0.833. The maximum absolute atomic E-state index is 10.5. The Bertz CT molecular complexity index is 160. The molecule has 1 aliphatic carbocycles. The molecule has 0 saturated heterocycles. The Balaban J connectivity index is 0. The van der Waals surface area contributed by atoms with Crippen molar-refractivity contribution in [3.8, 4) is 0 Å². The fourth-order valence-electron chi connectivity index (χ4n) is 1.02. The molecule has 52 valence electrons. The largest absolute Gasteiger partial charge is 1.00 e. The average Bonchev–Trinajstić information content (AvgIpc) is 2.14. The fourth-order valence-corrected chi connectivity index (χ4v) is 1.02. The number of carbonyl (C=O) groups is 2. The Morgan fingerprint density at radius 2 is 2.30 bits per heavy atom. The molecular weight excluding hydrogens is 127 g/mol. The number of carbonyl (C=O) groups excluding carboxylic acids is 1. The molecule has 10 heavy (non-hydrogen) atoms. The molecule has 1 fully saturated rings. The minimum absolute atomic E-state index is 0. The van der Waals surface area contributed by atoms with Gasteiger partial charge in [0.05, 0.1) is 5.92 Å². The van der Waals surface area contributed by atoms with E-state index in [4.69, 9.17) is 5.11 Å². The fraction of sp³-hybridized carbons (Fsp3) is 0.667. The van der Waals surface area contributed by atoms with Crippen LogP contribution in [0.25, 0.3) is 0 Å². The van der Waals surface area contributed by atoms with E-state index in [-0.39, 0.29) is 32.5 Å². The molecule has 0 aromatic heterocycles. The van der Waals surface area contributed by atoms with Gasteiger partial charge in [0.25, 0.3) is 0 Å². The van der Waals surface area contributed by atoms with Crippen LogP contribution in [0.5, 0.6) is 0 Å². The van der Waals surface area contributed by atoms with Crippen molar-refractivity contribution >= 4 is 11.8 Å². The molecule has 0 bridgehead atoms. The van der Waals surface area contributed by atoms with Crippen molar-refractivity contribution in [2.45, 2.75) is 19.3 Å². The summed E-state index contributed by atoms with van der Waals surface area (Å²) in [6, 6.07) is 0. The van der Waals surface area contributed by atoms with Crippen molar-refractivity contribution < 1.29 is 35.0 Å². The van der Waals surface area contributed by atoms with Gasteiger partial charge >= 0.3 is 24.8 Å². The minimum Gasteiger partial charge on any atom is -1.00 e. The summed E-state index contributed by atoms with van der Waals surface area (Å²) in [5.41, 5.74) is 0. The van der Waals surface area contributed by atoms with E-state index in [1.165, 1.54) is 0 Å². The second kappa shape index (κ2) is 3.80. The first-order valence-corrected chi connectivity index (χ1v) is 2.94. The molecule has 1 rings (SSSR count). The Labute approximate surface area is 72.5 Å². The van der Waals surface area contributed by atoms with Gasteiger partial charge in [0.1, 0.15) is 5.78 Å². The molecule has 0 aromatic carbocycles. The molecule has 3 nitrogen and oxygen atoms in total. The van der Waals surface area contributed by atoms with Crippen molar-refractivity contribution in [3.63, 3.8) is 0 Å². The van der Waals surface area contributed by atoms with Crippen molar-refractivity contribution in [3.05, 3.63) is 0 Å². The summed E-state index contributed by atoms with van der Waals surface area (Å²) in [4.78, 5) is 20.7. The molecule has 1 atom stereocenters. The van der Waals surface area contributed by atoms with Gasteiger partial charge in [0.2, 0.25) is 0 Å². The van der Waals surface area contributed by atoms with E-state index in [1.807, 2.05) is 0 Å². The van der Waals surface area contributed by atoms with E-state index in [0.717, 1.165) is 0 Å². The van der Waals surface area contributed by atoms with Crippen LogP contribution in [-0.4, -0.2) is 16.9 Å². The van der Waals surface area contributed by atoms with Crippen molar-refractivity contribution in [2.75, 3.05) is 0 Å². The first kappa shape index (κ1) is 9.74. The molecule has 0 heterocycles. The van der Waals surface area contributed by atoms with Crippen molar-refractivity contribution in [1.29, 1.82) is 0 Å². The summed E-state index contributed by atoms with van der Waals surface area (Å²) < 4.78 is 0. The summed E-state index contributed by atoms with van der Waals surface area (Å²) in [5, 5.41) is 8.38. The number of hydrogen-bond donors (Lipinski definition) is 1. The van der Waals surface area contributed by atoms with Crippen LogP contribution in [0, 0.1) is 5.92 Å². The molecule has 0 radical (unpaired) electrons. The van der Waals surface area contributed by atoms with Crippen molar-refractivity contribution in [2.24, 2.45) is 5.92 Å². The van der Waals surface area contributed by atoms with Gasteiger partial charge in [0, 0.05) is 12.8 Å². The number of ketones is 1. The quantitative estimate of drug-likeness (QED) is 0.407. The molecular formula is C6H9LiO3. The van der Waals surface area contributed by atoms with E-state index < -0.39 is 11.9 Å². The molecule has 0 aliphatic heterocycles. The number of aliphatic carboxylic acids is 1. The zero-order valence-corrected chi connectivity index (χ0v) is 5.96. The Hall–Kier alpha value is -0.263. The van der Waals surface area contributed by atoms with Gasteiger partial charge < -0.3 is 6.53 Å². The molecule has 1 unspecified atom stereocenters. The molecule has 0 aromatic rings. The number of rotatable bonds is 1. The smallest absolute Gasteiger partial charge is 1.00 e. The second-order valence-electron chi connectivity index (χ2n) is 2.32. The number of carboxylic acid groups (broad SMARTS) is 1. The topological polar surface area (TPSA) is 54.4 Å². The normalized spacial score (nSPS) is 24.0. The van der Waals surface area contributed by atoms with Crippen LogP contribution < -0.4 is 18.9 Å². The van der Waals surface area contributed by atoms with Gasteiger partial charge in [-0.3, -0.25) is 9.59 Å². The van der Waals surface area contributed by atoms with Gasteiger partial charge in [-0.2, -0.15) is 0 Å². The van der Waals surface area contributed by atoms with Crippen LogP contribution >= 0.6 is 0 Å². The number of hydrogen-bond acceptors (Lipinski definition) is 2. The third kappa shape index (κ3) is 2.16. The monoisotopic (exact) mass is 136 g/mol. The Kier molecular flexibility index (Phi) is 3.70. The zero-order chi connectivity index (χ0) is 6.85. The van der Waals surface area contributed by atoms with Crippen LogP contribution in [0.2, 0.25) is 0 Å². The van der Waals surface area contributed by atoms with Gasteiger partial charge in [-0.15, -0.1) is 0 Å². The predicted molar refractivity (Wildman–Crippen MR) is 31.1 cm³/mol. The van der Waals surface area contributed by atoms with Crippen LogP contribution in [0.4, 0.5) is 0 Å². The third-order valence-electron chi connectivity index (χ3n) is 1.59. The maximum atomic E-state index is 10.5. The zero-order valence-electron chi connectivity index (χ0n) is 6.96. The Morgan fingerprint density at radius 1 is 1.70 bits per heavy atom. The third-order valence-corrected chi connectivity index (χ3v) is 1.59. The van der Waals surface area contributed by atoms with Crippen LogP contribution in [0.15, 0.2) is 0 Å².